The van der Waals surface area contributed by atoms with E-state index in [1.807, 2.05) is 4.68 Å². The Morgan fingerprint density at radius 2 is 2.16 bits per heavy atom. The Kier molecular flexibility index (Phi) is 5.22. The first kappa shape index (κ1) is 14.8. The van der Waals surface area contributed by atoms with Crippen molar-refractivity contribution in [2.45, 2.75) is 52.6 Å². The van der Waals surface area contributed by atoms with Gasteiger partial charge in [-0.05, 0) is 24.2 Å². The van der Waals surface area contributed by atoms with Crippen LogP contribution in [0.15, 0.2) is 6.33 Å². The minimum Gasteiger partial charge on any atom is -0.309 e. The van der Waals surface area contributed by atoms with Crippen LogP contribution < -0.4 is 5.32 Å². The smallest absolute Gasteiger partial charge is 0.140 e. The van der Waals surface area contributed by atoms with Crippen LogP contribution in [-0.2, 0) is 13.1 Å². The molecule has 0 saturated heterocycles. The molecule has 0 spiro atoms. The van der Waals surface area contributed by atoms with Crippen LogP contribution in [0.5, 0.6) is 0 Å². The van der Waals surface area contributed by atoms with Crippen molar-refractivity contribution >= 4 is 11.6 Å². The minimum atomic E-state index is 0.310. The molecule has 1 aliphatic rings. The summed E-state index contributed by atoms with van der Waals surface area (Å²) >= 11 is 6.15. The number of hydrogen-bond acceptors (Lipinski definition) is 3. The van der Waals surface area contributed by atoms with Crippen molar-refractivity contribution in [1.82, 2.24) is 20.1 Å². The average Bonchev–Trinajstić information content (AvgIpc) is 3.00. The molecule has 2 rings (SSSR count). The minimum absolute atomic E-state index is 0.310. The van der Waals surface area contributed by atoms with Crippen LogP contribution in [0, 0.1) is 11.3 Å². The van der Waals surface area contributed by atoms with Crippen molar-refractivity contribution in [2.75, 3.05) is 12.4 Å². The van der Waals surface area contributed by atoms with Gasteiger partial charge < -0.3 is 5.32 Å². The first-order chi connectivity index (χ1) is 9.15. The number of rotatable bonds is 7. The summed E-state index contributed by atoms with van der Waals surface area (Å²) in [6, 6.07) is 0. The normalized spacial score (nSPS) is 18.3. The summed E-state index contributed by atoms with van der Waals surface area (Å²) in [7, 11) is 0. The zero-order valence-electron chi connectivity index (χ0n) is 12.0. The maximum atomic E-state index is 6.15. The van der Waals surface area contributed by atoms with E-state index < -0.39 is 0 Å². The maximum absolute atomic E-state index is 6.15. The van der Waals surface area contributed by atoms with E-state index in [1.165, 1.54) is 25.7 Å². The van der Waals surface area contributed by atoms with E-state index in [1.54, 1.807) is 6.33 Å². The molecule has 0 unspecified atom stereocenters. The van der Waals surface area contributed by atoms with Crippen LogP contribution in [0.1, 0.15) is 45.4 Å². The standard InChI is InChI=1S/C14H25ClN4/c1-12(2)8-19-13(17-11-18-19)7-16-10-14(9-15)5-3-4-6-14/h11-12,16H,3-10H2,1-2H3. The van der Waals surface area contributed by atoms with Crippen molar-refractivity contribution in [3.63, 3.8) is 0 Å². The fourth-order valence-electron chi connectivity index (χ4n) is 2.85. The van der Waals surface area contributed by atoms with Gasteiger partial charge in [0.1, 0.15) is 12.2 Å². The van der Waals surface area contributed by atoms with Gasteiger partial charge in [-0.1, -0.05) is 26.7 Å². The van der Waals surface area contributed by atoms with E-state index in [0.717, 1.165) is 31.3 Å². The van der Waals surface area contributed by atoms with Crippen LogP contribution in [0.4, 0.5) is 0 Å². The summed E-state index contributed by atoms with van der Waals surface area (Å²) in [6.07, 6.45) is 6.78. The highest BCUT2D eigenvalue weighted by atomic mass is 35.5. The van der Waals surface area contributed by atoms with Gasteiger partial charge in [-0.15, -0.1) is 11.6 Å². The molecule has 0 radical (unpaired) electrons. The number of halogens is 1. The van der Waals surface area contributed by atoms with Crippen LogP contribution in [0.3, 0.4) is 0 Å². The third-order valence-corrected chi connectivity index (χ3v) is 4.53. The molecule has 0 bridgehead atoms. The maximum Gasteiger partial charge on any atom is 0.140 e. The van der Waals surface area contributed by atoms with Gasteiger partial charge in [-0.25, -0.2) is 9.67 Å². The molecular weight excluding hydrogens is 260 g/mol. The van der Waals surface area contributed by atoms with Gasteiger partial charge >= 0.3 is 0 Å². The van der Waals surface area contributed by atoms with Crippen molar-refractivity contribution in [1.29, 1.82) is 0 Å². The lowest BCUT2D eigenvalue weighted by molar-refractivity contribution is 0.316. The Balaban J connectivity index is 1.83. The van der Waals surface area contributed by atoms with Crippen molar-refractivity contribution in [3.05, 3.63) is 12.2 Å². The number of aromatic nitrogens is 3. The van der Waals surface area contributed by atoms with Crippen LogP contribution >= 0.6 is 11.6 Å². The highest BCUT2D eigenvalue weighted by molar-refractivity contribution is 6.18. The third kappa shape index (κ3) is 3.93. The average molecular weight is 285 g/mol. The Morgan fingerprint density at radius 3 is 2.79 bits per heavy atom. The number of alkyl halides is 1. The lowest BCUT2D eigenvalue weighted by Crippen LogP contribution is -2.34. The molecule has 0 aliphatic heterocycles. The molecule has 1 fully saturated rings. The Morgan fingerprint density at radius 1 is 1.42 bits per heavy atom. The van der Waals surface area contributed by atoms with E-state index >= 15 is 0 Å². The largest absolute Gasteiger partial charge is 0.309 e. The van der Waals surface area contributed by atoms with Crippen LogP contribution in [0.25, 0.3) is 0 Å². The van der Waals surface area contributed by atoms with Gasteiger partial charge in [-0.3, -0.25) is 0 Å². The van der Waals surface area contributed by atoms with Crippen molar-refractivity contribution in [3.8, 4) is 0 Å². The molecule has 1 saturated carbocycles. The van der Waals surface area contributed by atoms with E-state index in [2.05, 4.69) is 29.2 Å². The number of hydrogen-bond donors (Lipinski definition) is 1. The molecule has 1 N–H and O–H groups in total. The quantitative estimate of drug-likeness (QED) is 0.783. The monoisotopic (exact) mass is 284 g/mol. The fraction of sp³-hybridized carbons (Fsp3) is 0.857. The second-order valence-corrected chi connectivity index (χ2v) is 6.46. The van der Waals surface area contributed by atoms with E-state index in [9.17, 15) is 0 Å². The van der Waals surface area contributed by atoms with Gasteiger partial charge in [-0.2, -0.15) is 5.10 Å². The molecule has 1 aromatic heterocycles. The Labute approximate surface area is 120 Å². The molecular formula is C14H25ClN4. The summed E-state index contributed by atoms with van der Waals surface area (Å²) in [5.74, 6) is 2.37. The molecule has 108 valence electrons. The molecule has 1 aromatic rings. The Bertz CT molecular complexity index is 383. The molecule has 1 aliphatic carbocycles. The number of nitrogens with zero attached hydrogens (tertiary/aromatic N) is 3. The predicted octanol–water partition coefficient (Wildman–Crippen LogP) is 2.82. The molecule has 5 heteroatoms. The SMILES string of the molecule is CC(C)Cn1ncnc1CNCC1(CCl)CCCC1. The van der Waals surface area contributed by atoms with Gasteiger partial charge in [0.15, 0.2) is 0 Å². The highest BCUT2D eigenvalue weighted by Crippen LogP contribution is 2.38. The predicted molar refractivity (Wildman–Crippen MR) is 78.2 cm³/mol. The zero-order chi connectivity index (χ0) is 13.7. The van der Waals surface area contributed by atoms with E-state index in [-0.39, 0.29) is 0 Å². The molecule has 1 heterocycles. The van der Waals surface area contributed by atoms with Crippen molar-refractivity contribution < 1.29 is 0 Å². The number of nitrogens with one attached hydrogen (secondary N) is 1. The summed E-state index contributed by atoms with van der Waals surface area (Å²) in [6.45, 7) is 7.09. The highest BCUT2D eigenvalue weighted by Gasteiger charge is 2.32. The van der Waals surface area contributed by atoms with Gasteiger partial charge in [0, 0.05) is 19.0 Å². The molecule has 0 atom stereocenters. The lowest BCUT2D eigenvalue weighted by atomic mass is 9.88. The van der Waals surface area contributed by atoms with Gasteiger partial charge in [0.2, 0.25) is 0 Å². The molecule has 4 nitrogen and oxygen atoms in total. The molecule has 19 heavy (non-hydrogen) atoms. The van der Waals surface area contributed by atoms with Crippen LogP contribution in [0.2, 0.25) is 0 Å². The Hall–Kier alpha value is -0.610. The molecule has 0 aromatic carbocycles. The third-order valence-electron chi connectivity index (χ3n) is 3.96. The lowest BCUT2D eigenvalue weighted by Gasteiger charge is -2.26. The first-order valence-corrected chi connectivity index (χ1v) is 7.82. The first-order valence-electron chi connectivity index (χ1n) is 7.28. The fourth-order valence-corrected chi connectivity index (χ4v) is 3.21. The van der Waals surface area contributed by atoms with Gasteiger partial charge in [0.05, 0.1) is 6.54 Å². The summed E-state index contributed by atoms with van der Waals surface area (Å²) in [5.41, 5.74) is 0.310. The van der Waals surface area contributed by atoms with Gasteiger partial charge in [0.25, 0.3) is 0 Å². The van der Waals surface area contributed by atoms with Crippen LogP contribution in [-0.4, -0.2) is 27.2 Å². The summed E-state index contributed by atoms with van der Waals surface area (Å²) < 4.78 is 2.00. The summed E-state index contributed by atoms with van der Waals surface area (Å²) in [4.78, 5) is 4.34. The second kappa shape index (κ2) is 6.71. The van der Waals surface area contributed by atoms with E-state index in [4.69, 9.17) is 11.6 Å². The van der Waals surface area contributed by atoms with E-state index in [0.29, 0.717) is 11.3 Å². The molecule has 0 amide bonds. The summed E-state index contributed by atoms with van der Waals surface area (Å²) in [5, 5.41) is 7.81. The topological polar surface area (TPSA) is 42.7 Å². The van der Waals surface area contributed by atoms with Crippen molar-refractivity contribution in [2.24, 2.45) is 11.3 Å². The zero-order valence-corrected chi connectivity index (χ0v) is 12.8. The second-order valence-electron chi connectivity index (χ2n) is 6.20.